The molecule has 1 aromatic heterocycles. The van der Waals surface area contributed by atoms with Crippen LogP contribution in [0.3, 0.4) is 0 Å². The predicted octanol–water partition coefficient (Wildman–Crippen LogP) is 0.385. The Morgan fingerprint density at radius 2 is 2.33 bits per heavy atom. The van der Waals surface area contributed by atoms with Crippen LogP contribution in [-0.2, 0) is 20.6 Å². The van der Waals surface area contributed by atoms with Crippen molar-refractivity contribution in [2.75, 3.05) is 13.1 Å². The van der Waals surface area contributed by atoms with Crippen molar-refractivity contribution in [2.45, 2.75) is 12.7 Å². The summed E-state index contributed by atoms with van der Waals surface area (Å²) in [5, 5.41) is 12.2. The molecule has 0 unspecified atom stereocenters. The average Bonchev–Trinajstić information content (AvgIpc) is 2.62. The van der Waals surface area contributed by atoms with Crippen molar-refractivity contribution in [3.05, 3.63) is 30.2 Å². The molecule has 1 heterocycles. The minimum Gasteiger partial charge on any atom is -0.480 e. The highest BCUT2D eigenvalue weighted by Gasteiger charge is 2.25. The van der Waals surface area contributed by atoms with Crippen molar-refractivity contribution < 1.29 is 22.8 Å². The standard InChI is InChI=1S/C10H14N2O5S/c1-3-4-12(6-10(13)14)18(15,16)7-9-5-8(2)17-11-9/h3,5H,1,4,6-7H2,2H3,(H,13,14). The van der Waals surface area contributed by atoms with Gasteiger partial charge in [-0.15, -0.1) is 6.58 Å². The molecule has 0 aliphatic heterocycles. The number of nitrogens with zero attached hydrogens (tertiary/aromatic N) is 2. The van der Waals surface area contributed by atoms with E-state index < -0.39 is 28.3 Å². The summed E-state index contributed by atoms with van der Waals surface area (Å²) < 4.78 is 29.5. The summed E-state index contributed by atoms with van der Waals surface area (Å²) in [5.41, 5.74) is 0.243. The van der Waals surface area contributed by atoms with E-state index in [1.807, 2.05) is 0 Å². The van der Waals surface area contributed by atoms with Crippen LogP contribution in [0.2, 0.25) is 0 Å². The van der Waals surface area contributed by atoms with Gasteiger partial charge in [-0.3, -0.25) is 4.79 Å². The van der Waals surface area contributed by atoms with Crippen molar-refractivity contribution >= 4 is 16.0 Å². The monoisotopic (exact) mass is 274 g/mol. The Morgan fingerprint density at radius 3 is 2.78 bits per heavy atom. The van der Waals surface area contributed by atoms with Gasteiger partial charge >= 0.3 is 5.97 Å². The highest BCUT2D eigenvalue weighted by atomic mass is 32.2. The van der Waals surface area contributed by atoms with Gasteiger partial charge in [0.15, 0.2) is 0 Å². The molecule has 100 valence electrons. The third kappa shape index (κ3) is 3.97. The molecule has 1 N–H and O–H groups in total. The third-order valence-corrected chi connectivity index (χ3v) is 3.77. The minimum atomic E-state index is -3.76. The lowest BCUT2D eigenvalue weighted by Gasteiger charge is -2.17. The van der Waals surface area contributed by atoms with E-state index in [1.54, 1.807) is 6.92 Å². The number of carboxylic acid groups (broad SMARTS) is 1. The van der Waals surface area contributed by atoms with E-state index in [4.69, 9.17) is 9.63 Å². The molecule has 0 spiro atoms. The van der Waals surface area contributed by atoms with Crippen LogP contribution in [0.25, 0.3) is 0 Å². The number of aliphatic carboxylic acids is 1. The van der Waals surface area contributed by atoms with Crippen molar-refractivity contribution in [2.24, 2.45) is 0 Å². The van der Waals surface area contributed by atoms with Gasteiger partial charge in [0.25, 0.3) is 0 Å². The molecule has 0 atom stereocenters. The average molecular weight is 274 g/mol. The van der Waals surface area contributed by atoms with E-state index in [2.05, 4.69) is 11.7 Å². The third-order valence-electron chi connectivity index (χ3n) is 2.04. The Labute approximate surface area is 105 Å². The molecule has 0 saturated carbocycles. The van der Waals surface area contributed by atoms with Crippen LogP contribution in [0.15, 0.2) is 23.2 Å². The van der Waals surface area contributed by atoms with Crippen LogP contribution in [0, 0.1) is 6.92 Å². The Bertz CT molecular complexity index is 534. The van der Waals surface area contributed by atoms with Gasteiger partial charge in [0.1, 0.15) is 23.8 Å². The topological polar surface area (TPSA) is 101 Å². The fourth-order valence-electron chi connectivity index (χ4n) is 1.34. The SMILES string of the molecule is C=CCN(CC(=O)O)S(=O)(=O)Cc1cc(C)on1. The smallest absolute Gasteiger partial charge is 0.318 e. The van der Waals surface area contributed by atoms with Crippen molar-refractivity contribution in [3.8, 4) is 0 Å². The Hall–Kier alpha value is -1.67. The summed E-state index contributed by atoms with van der Waals surface area (Å²) in [6.45, 7) is 4.37. The molecule has 8 heteroatoms. The van der Waals surface area contributed by atoms with Crippen LogP contribution >= 0.6 is 0 Å². The molecule has 1 aromatic rings. The molecule has 0 aromatic carbocycles. The summed E-state index contributed by atoms with van der Waals surface area (Å²) in [5.74, 6) is -1.13. The lowest BCUT2D eigenvalue weighted by Crippen LogP contribution is -2.36. The molecule has 0 radical (unpaired) electrons. The summed E-state index contributed by atoms with van der Waals surface area (Å²) >= 11 is 0. The summed E-state index contributed by atoms with van der Waals surface area (Å²) in [6.07, 6.45) is 1.33. The largest absolute Gasteiger partial charge is 0.480 e. The van der Waals surface area contributed by atoms with Crippen LogP contribution < -0.4 is 0 Å². The Balaban J connectivity index is 2.87. The number of carboxylic acids is 1. The molecular formula is C10H14N2O5S. The maximum absolute atomic E-state index is 12.0. The van der Waals surface area contributed by atoms with Gasteiger partial charge < -0.3 is 9.63 Å². The maximum Gasteiger partial charge on any atom is 0.318 e. The maximum atomic E-state index is 12.0. The Kier molecular flexibility index (Phi) is 4.62. The second kappa shape index (κ2) is 5.78. The molecule has 18 heavy (non-hydrogen) atoms. The predicted molar refractivity (Wildman–Crippen MR) is 63.3 cm³/mol. The second-order valence-corrected chi connectivity index (χ2v) is 5.63. The van der Waals surface area contributed by atoms with Crippen LogP contribution in [0.5, 0.6) is 0 Å². The number of sulfonamides is 1. The fraction of sp³-hybridized carbons (Fsp3) is 0.400. The molecule has 0 amide bonds. The van der Waals surface area contributed by atoms with Gasteiger partial charge in [-0.2, -0.15) is 4.31 Å². The number of rotatable bonds is 7. The lowest BCUT2D eigenvalue weighted by molar-refractivity contribution is -0.137. The van der Waals surface area contributed by atoms with E-state index in [-0.39, 0.29) is 12.2 Å². The number of carbonyl (C=O) groups is 1. The quantitative estimate of drug-likeness (QED) is 0.722. The first kappa shape index (κ1) is 14.4. The van der Waals surface area contributed by atoms with Crippen LogP contribution in [-0.4, -0.2) is 42.0 Å². The first-order valence-corrected chi connectivity index (χ1v) is 6.69. The van der Waals surface area contributed by atoms with E-state index in [1.165, 1.54) is 12.1 Å². The molecule has 0 aliphatic rings. The molecular weight excluding hydrogens is 260 g/mol. The number of aromatic nitrogens is 1. The van der Waals surface area contributed by atoms with Crippen LogP contribution in [0.4, 0.5) is 0 Å². The number of hydrogen-bond donors (Lipinski definition) is 1. The zero-order valence-corrected chi connectivity index (χ0v) is 10.7. The Morgan fingerprint density at radius 1 is 1.67 bits per heavy atom. The zero-order valence-electron chi connectivity index (χ0n) is 9.87. The fourth-order valence-corrected chi connectivity index (χ4v) is 2.67. The van der Waals surface area contributed by atoms with Gasteiger partial charge in [-0.25, -0.2) is 8.42 Å². The first-order valence-electron chi connectivity index (χ1n) is 5.08. The molecule has 1 rings (SSSR count). The molecule has 7 nitrogen and oxygen atoms in total. The molecule has 0 saturated heterocycles. The number of hydrogen-bond acceptors (Lipinski definition) is 5. The molecule has 0 fully saturated rings. The highest BCUT2D eigenvalue weighted by Crippen LogP contribution is 2.11. The van der Waals surface area contributed by atoms with E-state index in [9.17, 15) is 13.2 Å². The van der Waals surface area contributed by atoms with E-state index >= 15 is 0 Å². The second-order valence-electron chi connectivity index (χ2n) is 3.66. The van der Waals surface area contributed by atoms with Crippen molar-refractivity contribution in [1.82, 2.24) is 9.46 Å². The summed E-state index contributed by atoms with van der Waals surface area (Å²) in [6, 6.07) is 1.49. The normalized spacial score (nSPS) is 11.7. The molecule has 0 aliphatic carbocycles. The van der Waals surface area contributed by atoms with Gasteiger partial charge in [0.2, 0.25) is 10.0 Å². The minimum absolute atomic E-state index is 0.0640. The highest BCUT2D eigenvalue weighted by molar-refractivity contribution is 7.88. The van der Waals surface area contributed by atoms with Gasteiger partial charge in [-0.05, 0) is 6.92 Å². The summed E-state index contributed by atoms with van der Waals surface area (Å²) in [7, 11) is -3.76. The van der Waals surface area contributed by atoms with Gasteiger partial charge in [0, 0.05) is 12.6 Å². The first-order chi connectivity index (χ1) is 8.35. The van der Waals surface area contributed by atoms with Crippen LogP contribution in [0.1, 0.15) is 11.5 Å². The van der Waals surface area contributed by atoms with Gasteiger partial charge in [0.05, 0.1) is 0 Å². The van der Waals surface area contributed by atoms with E-state index in [0.717, 1.165) is 4.31 Å². The molecule has 0 bridgehead atoms. The van der Waals surface area contributed by atoms with E-state index in [0.29, 0.717) is 5.76 Å². The number of aryl methyl sites for hydroxylation is 1. The van der Waals surface area contributed by atoms with Crippen molar-refractivity contribution in [3.63, 3.8) is 0 Å². The van der Waals surface area contributed by atoms with Gasteiger partial charge in [-0.1, -0.05) is 11.2 Å². The van der Waals surface area contributed by atoms with Crippen molar-refractivity contribution in [1.29, 1.82) is 0 Å². The summed E-state index contributed by atoms with van der Waals surface area (Å²) in [4.78, 5) is 10.6. The lowest BCUT2D eigenvalue weighted by atomic mass is 10.4. The zero-order chi connectivity index (χ0) is 13.8.